The summed E-state index contributed by atoms with van der Waals surface area (Å²) in [5.74, 6) is 0.157. The van der Waals surface area contributed by atoms with Crippen LogP contribution in [-0.2, 0) is 17.8 Å². The maximum Gasteiger partial charge on any atom is 0.269 e. The highest BCUT2D eigenvalue weighted by atomic mass is 19.1. The van der Waals surface area contributed by atoms with Crippen molar-refractivity contribution in [3.8, 4) is 11.5 Å². The maximum absolute atomic E-state index is 13.7. The number of ether oxygens (including phenoxy) is 2. The number of carbonyl (C=O) groups is 1. The smallest absolute Gasteiger partial charge is 0.269 e. The molecule has 2 aliphatic heterocycles. The van der Waals surface area contributed by atoms with Gasteiger partial charge in [0.05, 0.1) is 31.1 Å². The van der Waals surface area contributed by atoms with Crippen molar-refractivity contribution in [2.45, 2.75) is 19.0 Å². The Hall–Kier alpha value is -4.18. The zero-order valence-electron chi connectivity index (χ0n) is 21.2. The highest BCUT2D eigenvalue weighted by molar-refractivity contribution is 5.94. The molecule has 0 unspecified atom stereocenters. The molecule has 0 bridgehead atoms. The van der Waals surface area contributed by atoms with Gasteiger partial charge in [-0.3, -0.25) is 19.8 Å². The topological polar surface area (TPSA) is 97.2 Å². The molecule has 3 aromatic carbocycles. The van der Waals surface area contributed by atoms with Gasteiger partial charge in [0.2, 0.25) is 5.91 Å². The Balaban J connectivity index is 1.43. The predicted octanol–water partition coefficient (Wildman–Crippen LogP) is 4.25. The zero-order chi connectivity index (χ0) is 26.8. The number of fused-ring (bicyclic) bond motifs is 3. The second-order valence-corrected chi connectivity index (χ2v) is 9.56. The zero-order valence-corrected chi connectivity index (χ0v) is 21.2. The van der Waals surface area contributed by atoms with Gasteiger partial charge < -0.3 is 19.7 Å². The average molecular weight is 521 g/mol. The summed E-state index contributed by atoms with van der Waals surface area (Å²) in [6.45, 7) is 2.67. The second-order valence-electron chi connectivity index (χ2n) is 9.56. The molecular weight excluding hydrogens is 491 g/mol. The van der Waals surface area contributed by atoms with Gasteiger partial charge in [0.15, 0.2) is 11.5 Å². The Bertz CT molecular complexity index is 1350. The lowest BCUT2D eigenvalue weighted by Gasteiger charge is -2.49. The van der Waals surface area contributed by atoms with Crippen molar-refractivity contribution in [3.05, 3.63) is 87.7 Å². The molecule has 2 heterocycles. The average Bonchev–Trinajstić information content (AvgIpc) is 2.93. The summed E-state index contributed by atoms with van der Waals surface area (Å²) in [4.78, 5) is 29.2. The number of halogens is 1. The molecule has 3 aromatic rings. The van der Waals surface area contributed by atoms with Crippen LogP contribution in [0.5, 0.6) is 11.5 Å². The van der Waals surface area contributed by atoms with Gasteiger partial charge in [-0.05, 0) is 47.9 Å². The molecule has 1 saturated heterocycles. The van der Waals surface area contributed by atoms with Crippen LogP contribution in [0.4, 0.5) is 21.5 Å². The van der Waals surface area contributed by atoms with E-state index in [9.17, 15) is 19.3 Å². The SMILES string of the molecule is COc1ccc(NC(=O)[C@@H]2Cc3cc([N+](=O)[O-])ccc3N3CCN(Cc4ccc(F)cc4)C[C@H]23)cc1OC. The number of carbonyl (C=O) groups excluding carboxylic acids is 1. The van der Waals surface area contributed by atoms with Crippen LogP contribution >= 0.6 is 0 Å². The van der Waals surface area contributed by atoms with E-state index < -0.39 is 10.8 Å². The van der Waals surface area contributed by atoms with Crippen molar-refractivity contribution < 1.29 is 23.6 Å². The third kappa shape index (κ3) is 5.12. The number of hydrogen-bond acceptors (Lipinski definition) is 7. The van der Waals surface area contributed by atoms with E-state index in [0.717, 1.165) is 23.4 Å². The molecule has 1 N–H and O–H groups in total. The van der Waals surface area contributed by atoms with Gasteiger partial charge in [-0.15, -0.1) is 0 Å². The molecular formula is C28H29FN4O5. The van der Waals surface area contributed by atoms with Crippen LogP contribution < -0.4 is 19.7 Å². The van der Waals surface area contributed by atoms with Gasteiger partial charge in [-0.2, -0.15) is 0 Å². The summed E-state index contributed by atoms with van der Waals surface area (Å²) in [6, 6.07) is 16.4. The number of nitrogens with zero attached hydrogens (tertiary/aromatic N) is 3. The lowest BCUT2D eigenvalue weighted by molar-refractivity contribution is -0.384. The molecule has 38 heavy (non-hydrogen) atoms. The van der Waals surface area contributed by atoms with E-state index in [1.165, 1.54) is 25.3 Å². The van der Waals surface area contributed by atoms with Crippen LogP contribution in [0.2, 0.25) is 0 Å². The summed E-state index contributed by atoms with van der Waals surface area (Å²) < 4.78 is 24.1. The molecule has 0 aromatic heterocycles. The lowest BCUT2D eigenvalue weighted by Crippen LogP contribution is -2.60. The van der Waals surface area contributed by atoms with Crippen molar-refractivity contribution >= 4 is 23.0 Å². The molecule has 1 fully saturated rings. The first kappa shape index (κ1) is 25.5. The maximum atomic E-state index is 13.7. The van der Waals surface area contributed by atoms with Crippen molar-refractivity contribution in [2.75, 3.05) is 44.1 Å². The van der Waals surface area contributed by atoms with Gasteiger partial charge in [0, 0.05) is 55.8 Å². The van der Waals surface area contributed by atoms with Gasteiger partial charge >= 0.3 is 0 Å². The van der Waals surface area contributed by atoms with Crippen molar-refractivity contribution in [3.63, 3.8) is 0 Å². The number of methoxy groups -OCH3 is 2. The summed E-state index contributed by atoms with van der Waals surface area (Å²) in [7, 11) is 3.08. The Labute approximate surface area is 219 Å². The number of non-ortho nitro benzene ring substituents is 1. The molecule has 9 nitrogen and oxygen atoms in total. The largest absolute Gasteiger partial charge is 0.493 e. The molecule has 0 saturated carbocycles. The van der Waals surface area contributed by atoms with Crippen LogP contribution in [-0.4, -0.2) is 55.6 Å². The summed E-state index contributed by atoms with van der Waals surface area (Å²) in [5, 5.41) is 14.5. The van der Waals surface area contributed by atoms with Gasteiger partial charge in [0.1, 0.15) is 5.82 Å². The number of rotatable bonds is 7. The number of nitro groups is 1. The number of nitrogens with one attached hydrogen (secondary N) is 1. The Morgan fingerprint density at radius 2 is 1.82 bits per heavy atom. The van der Waals surface area contributed by atoms with E-state index in [4.69, 9.17) is 9.47 Å². The van der Waals surface area contributed by atoms with Crippen molar-refractivity contribution in [1.82, 2.24) is 4.90 Å². The van der Waals surface area contributed by atoms with Crippen molar-refractivity contribution in [1.29, 1.82) is 0 Å². The monoisotopic (exact) mass is 520 g/mol. The molecule has 2 atom stereocenters. The summed E-state index contributed by atoms with van der Waals surface area (Å²) in [5.41, 5.74) is 3.30. The fourth-order valence-corrected chi connectivity index (χ4v) is 5.42. The number of piperazine rings is 1. The normalized spacial score (nSPS) is 18.8. The highest BCUT2D eigenvalue weighted by Crippen LogP contribution is 2.39. The number of amides is 1. The third-order valence-corrected chi connectivity index (χ3v) is 7.30. The standard InChI is InChI=1S/C28H29FN4O5/c1-37-26-10-7-21(15-27(26)38-2)30-28(34)23-14-19-13-22(33(35)36)8-9-24(19)32-12-11-31(17-25(23)32)16-18-3-5-20(29)6-4-18/h3-10,13,15,23,25H,11-12,14,16-17H2,1-2H3,(H,30,34)/t23-,25-/m1/s1. The Kier molecular flexibility index (Phi) is 7.15. The van der Waals surface area contributed by atoms with Crippen LogP contribution in [0.3, 0.4) is 0 Å². The molecule has 1 amide bonds. The number of hydrogen-bond donors (Lipinski definition) is 1. The number of benzene rings is 3. The fourth-order valence-electron chi connectivity index (χ4n) is 5.42. The van der Waals surface area contributed by atoms with Crippen LogP contribution in [0.25, 0.3) is 0 Å². The number of nitro benzene ring substituents is 1. The minimum atomic E-state index is -0.450. The highest BCUT2D eigenvalue weighted by Gasteiger charge is 2.42. The summed E-state index contributed by atoms with van der Waals surface area (Å²) in [6.07, 6.45) is 0.377. The molecule has 0 spiro atoms. The second kappa shape index (κ2) is 10.7. The van der Waals surface area contributed by atoms with E-state index in [1.807, 2.05) is 0 Å². The quantitative estimate of drug-likeness (QED) is 0.367. The molecule has 5 rings (SSSR count). The Morgan fingerprint density at radius 3 is 2.53 bits per heavy atom. The summed E-state index contributed by atoms with van der Waals surface area (Å²) >= 11 is 0. The fraction of sp³-hybridized carbons (Fsp3) is 0.321. The minimum absolute atomic E-state index is 0.0104. The third-order valence-electron chi connectivity index (χ3n) is 7.30. The van der Waals surface area contributed by atoms with E-state index >= 15 is 0 Å². The van der Waals surface area contributed by atoms with E-state index in [-0.39, 0.29) is 23.5 Å². The molecule has 198 valence electrons. The van der Waals surface area contributed by atoms with Crippen LogP contribution in [0.15, 0.2) is 60.7 Å². The molecule has 0 aliphatic carbocycles. The first-order chi connectivity index (χ1) is 18.4. The van der Waals surface area contributed by atoms with E-state index in [1.54, 1.807) is 49.6 Å². The predicted molar refractivity (Wildman–Crippen MR) is 141 cm³/mol. The van der Waals surface area contributed by atoms with Crippen LogP contribution in [0, 0.1) is 21.8 Å². The Morgan fingerprint density at radius 1 is 1.05 bits per heavy atom. The van der Waals surface area contributed by atoms with Crippen LogP contribution in [0.1, 0.15) is 11.1 Å². The van der Waals surface area contributed by atoms with Gasteiger partial charge in [-0.1, -0.05) is 12.1 Å². The lowest BCUT2D eigenvalue weighted by atomic mass is 9.83. The minimum Gasteiger partial charge on any atom is -0.493 e. The first-order valence-corrected chi connectivity index (χ1v) is 12.4. The molecule has 2 aliphatic rings. The van der Waals surface area contributed by atoms with E-state index in [0.29, 0.717) is 43.2 Å². The number of anilines is 2. The molecule has 10 heteroatoms. The van der Waals surface area contributed by atoms with Gasteiger partial charge in [-0.25, -0.2) is 4.39 Å². The van der Waals surface area contributed by atoms with Crippen molar-refractivity contribution in [2.24, 2.45) is 5.92 Å². The first-order valence-electron chi connectivity index (χ1n) is 12.4. The van der Waals surface area contributed by atoms with Gasteiger partial charge in [0.25, 0.3) is 5.69 Å². The van der Waals surface area contributed by atoms with E-state index in [2.05, 4.69) is 15.1 Å². The molecule has 0 radical (unpaired) electrons.